The summed E-state index contributed by atoms with van der Waals surface area (Å²) in [5.41, 5.74) is 10.1. The van der Waals surface area contributed by atoms with Crippen LogP contribution in [0.25, 0.3) is 11.0 Å². The number of aromatic amines is 1. The fraction of sp³-hybridized carbons (Fsp3) is 0.429. The average molecular weight is 243 g/mol. The molecule has 0 radical (unpaired) electrons. The first kappa shape index (κ1) is 11.3. The molecule has 0 spiro atoms. The largest absolute Gasteiger partial charge is 0.370 e. The van der Waals surface area contributed by atoms with Crippen molar-refractivity contribution in [1.29, 1.82) is 0 Å². The Hall–Kier alpha value is -1.84. The Kier molecular flexibility index (Phi) is 2.78. The molecule has 1 aromatic carbocycles. The number of aromatic nitrogens is 2. The number of nitrogens with zero attached hydrogens (tertiary/aromatic N) is 1. The highest BCUT2D eigenvalue weighted by Crippen LogP contribution is 2.25. The molecule has 4 heteroatoms. The maximum atomic E-state index is 10.8. The molecule has 1 amide bonds. The van der Waals surface area contributed by atoms with Crippen molar-refractivity contribution in [3.8, 4) is 0 Å². The van der Waals surface area contributed by atoms with Crippen LogP contribution < -0.4 is 5.73 Å². The molecule has 1 aliphatic carbocycles. The highest BCUT2D eigenvalue weighted by Gasteiger charge is 2.12. The summed E-state index contributed by atoms with van der Waals surface area (Å²) < 4.78 is 0. The molecule has 0 atom stereocenters. The highest BCUT2D eigenvalue weighted by molar-refractivity contribution is 5.78. The van der Waals surface area contributed by atoms with Gasteiger partial charge in [0.05, 0.1) is 11.0 Å². The summed E-state index contributed by atoms with van der Waals surface area (Å²) in [6.45, 7) is 0. The number of primary amides is 1. The Bertz CT molecular complexity index is 557. The number of nitrogens with one attached hydrogen (secondary N) is 1. The zero-order valence-corrected chi connectivity index (χ0v) is 10.3. The number of benzene rings is 1. The number of carbonyl (C=O) groups is 1. The molecule has 0 unspecified atom stereocenters. The van der Waals surface area contributed by atoms with Gasteiger partial charge in [0, 0.05) is 12.8 Å². The Balaban J connectivity index is 1.93. The van der Waals surface area contributed by atoms with Crippen LogP contribution in [0.15, 0.2) is 12.1 Å². The van der Waals surface area contributed by atoms with Gasteiger partial charge in [-0.05, 0) is 48.9 Å². The van der Waals surface area contributed by atoms with Crippen LogP contribution in [0.5, 0.6) is 0 Å². The average Bonchev–Trinajstić information content (AvgIpc) is 2.75. The van der Waals surface area contributed by atoms with Crippen LogP contribution in [0.3, 0.4) is 0 Å². The van der Waals surface area contributed by atoms with Crippen molar-refractivity contribution in [1.82, 2.24) is 9.97 Å². The molecule has 1 aromatic heterocycles. The van der Waals surface area contributed by atoms with Crippen LogP contribution in [-0.2, 0) is 24.1 Å². The van der Waals surface area contributed by atoms with E-state index in [9.17, 15) is 4.79 Å². The minimum atomic E-state index is -0.283. The summed E-state index contributed by atoms with van der Waals surface area (Å²) in [5, 5.41) is 0. The molecule has 0 saturated heterocycles. The second-order valence-corrected chi connectivity index (χ2v) is 4.99. The number of imidazole rings is 1. The molecule has 1 heterocycles. The van der Waals surface area contributed by atoms with Gasteiger partial charge in [-0.1, -0.05) is 0 Å². The molecule has 3 rings (SSSR count). The predicted molar refractivity (Wildman–Crippen MR) is 70.3 cm³/mol. The van der Waals surface area contributed by atoms with Crippen molar-refractivity contribution >= 4 is 16.9 Å². The minimum Gasteiger partial charge on any atom is -0.370 e. The normalized spacial score (nSPS) is 14.7. The van der Waals surface area contributed by atoms with Crippen LogP contribution in [-0.4, -0.2) is 15.9 Å². The number of aryl methyl sites for hydroxylation is 3. The number of carbonyl (C=O) groups excluding carboxylic acids is 1. The summed E-state index contributed by atoms with van der Waals surface area (Å²) in [7, 11) is 0. The van der Waals surface area contributed by atoms with E-state index < -0.39 is 0 Å². The molecule has 1 aliphatic rings. The standard InChI is InChI=1S/C14H17N3O/c15-13(18)5-6-14-16-11-7-9-3-1-2-4-10(9)8-12(11)17-14/h7-8H,1-6H2,(H2,15,18)(H,16,17). The third-order valence-electron chi connectivity index (χ3n) is 3.60. The van der Waals surface area contributed by atoms with E-state index in [0.29, 0.717) is 12.8 Å². The van der Waals surface area contributed by atoms with Crippen LogP contribution in [0.4, 0.5) is 0 Å². The quantitative estimate of drug-likeness (QED) is 0.863. The summed E-state index contributed by atoms with van der Waals surface area (Å²) >= 11 is 0. The summed E-state index contributed by atoms with van der Waals surface area (Å²) in [6.07, 6.45) is 5.82. The Morgan fingerprint density at radius 2 is 2.00 bits per heavy atom. The van der Waals surface area contributed by atoms with Gasteiger partial charge in [0.2, 0.25) is 5.91 Å². The van der Waals surface area contributed by atoms with E-state index in [4.69, 9.17) is 5.73 Å². The Morgan fingerprint density at radius 1 is 1.28 bits per heavy atom. The fourth-order valence-corrected chi connectivity index (χ4v) is 2.65. The Morgan fingerprint density at radius 3 is 2.72 bits per heavy atom. The SMILES string of the molecule is NC(=O)CCc1nc2cc3c(cc2[nH]1)CCCC3. The zero-order chi connectivity index (χ0) is 12.5. The van der Waals surface area contributed by atoms with Crippen molar-refractivity contribution < 1.29 is 4.79 Å². The lowest BCUT2D eigenvalue weighted by molar-refractivity contribution is -0.118. The van der Waals surface area contributed by atoms with Gasteiger partial charge < -0.3 is 10.7 Å². The van der Waals surface area contributed by atoms with Crippen LogP contribution >= 0.6 is 0 Å². The topological polar surface area (TPSA) is 71.8 Å². The number of rotatable bonds is 3. The third-order valence-corrected chi connectivity index (χ3v) is 3.60. The van der Waals surface area contributed by atoms with Crippen LogP contribution in [0.1, 0.15) is 36.2 Å². The second kappa shape index (κ2) is 4.44. The second-order valence-electron chi connectivity index (χ2n) is 4.99. The lowest BCUT2D eigenvalue weighted by Gasteiger charge is -2.14. The lowest BCUT2D eigenvalue weighted by Crippen LogP contribution is -2.11. The third kappa shape index (κ3) is 2.10. The van der Waals surface area contributed by atoms with Gasteiger partial charge in [-0.25, -0.2) is 4.98 Å². The number of nitrogens with two attached hydrogens (primary N) is 1. The van der Waals surface area contributed by atoms with Gasteiger partial charge in [0.1, 0.15) is 5.82 Å². The van der Waals surface area contributed by atoms with E-state index in [1.807, 2.05) is 0 Å². The van der Waals surface area contributed by atoms with E-state index in [0.717, 1.165) is 23.3 Å². The van der Waals surface area contributed by atoms with E-state index in [1.54, 1.807) is 0 Å². The monoisotopic (exact) mass is 243 g/mol. The molecule has 18 heavy (non-hydrogen) atoms. The molecule has 2 aromatic rings. The maximum Gasteiger partial charge on any atom is 0.217 e. The van der Waals surface area contributed by atoms with Crippen LogP contribution in [0.2, 0.25) is 0 Å². The smallest absolute Gasteiger partial charge is 0.217 e. The minimum absolute atomic E-state index is 0.283. The van der Waals surface area contributed by atoms with Gasteiger partial charge in [-0.15, -0.1) is 0 Å². The molecular formula is C14H17N3O. The molecule has 94 valence electrons. The number of fused-ring (bicyclic) bond motifs is 2. The number of H-pyrrole nitrogens is 1. The van der Waals surface area contributed by atoms with Crippen molar-refractivity contribution in [3.05, 3.63) is 29.1 Å². The number of hydrogen-bond donors (Lipinski definition) is 2. The lowest BCUT2D eigenvalue weighted by atomic mass is 9.91. The fourth-order valence-electron chi connectivity index (χ4n) is 2.65. The Labute approximate surface area is 106 Å². The molecule has 0 saturated carbocycles. The van der Waals surface area contributed by atoms with Crippen LogP contribution in [0, 0.1) is 0 Å². The predicted octanol–water partition coefficient (Wildman–Crippen LogP) is 1.86. The van der Waals surface area contributed by atoms with Crippen molar-refractivity contribution in [2.45, 2.75) is 38.5 Å². The molecule has 3 N–H and O–H groups in total. The van der Waals surface area contributed by atoms with Gasteiger partial charge in [0.25, 0.3) is 0 Å². The maximum absolute atomic E-state index is 10.8. The zero-order valence-electron chi connectivity index (χ0n) is 10.3. The first-order valence-electron chi connectivity index (χ1n) is 6.51. The first-order chi connectivity index (χ1) is 8.72. The van der Waals surface area contributed by atoms with Crippen molar-refractivity contribution in [2.24, 2.45) is 5.73 Å². The highest BCUT2D eigenvalue weighted by atomic mass is 16.1. The van der Waals surface area contributed by atoms with Gasteiger partial charge in [-0.3, -0.25) is 4.79 Å². The van der Waals surface area contributed by atoms with Gasteiger partial charge in [-0.2, -0.15) is 0 Å². The van der Waals surface area contributed by atoms with Crippen molar-refractivity contribution in [2.75, 3.05) is 0 Å². The number of amides is 1. The molecular weight excluding hydrogens is 226 g/mol. The van der Waals surface area contributed by atoms with E-state index >= 15 is 0 Å². The molecule has 4 nitrogen and oxygen atoms in total. The van der Waals surface area contributed by atoms with E-state index in [-0.39, 0.29) is 5.91 Å². The number of hydrogen-bond acceptors (Lipinski definition) is 2. The summed E-state index contributed by atoms with van der Waals surface area (Å²) in [5.74, 6) is 0.570. The van der Waals surface area contributed by atoms with E-state index in [1.165, 1.54) is 30.4 Å². The first-order valence-corrected chi connectivity index (χ1v) is 6.51. The molecule has 0 bridgehead atoms. The summed E-state index contributed by atoms with van der Waals surface area (Å²) in [4.78, 5) is 18.6. The molecule has 0 fully saturated rings. The van der Waals surface area contributed by atoms with Gasteiger partial charge >= 0.3 is 0 Å². The van der Waals surface area contributed by atoms with Crippen molar-refractivity contribution in [3.63, 3.8) is 0 Å². The molecule has 0 aliphatic heterocycles. The summed E-state index contributed by atoms with van der Waals surface area (Å²) in [6, 6.07) is 4.40. The van der Waals surface area contributed by atoms with Gasteiger partial charge in [0.15, 0.2) is 0 Å². The van der Waals surface area contributed by atoms with E-state index in [2.05, 4.69) is 22.1 Å².